The van der Waals surface area contributed by atoms with Gasteiger partial charge in [0.15, 0.2) is 6.10 Å². The van der Waals surface area contributed by atoms with Gasteiger partial charge in [-0.3, -0.25) is 19.7 Å². The highest BCUT2D eigenvalue weighted by atomic mass is 19.1. The van der Waals surface area contributed by atoms with Gasteiger partial charge < -0.3 is 10.1 Å². The van der Waals surface area contributed by atoms with E-state index in [0.29, 0.717) is 0 Å². The summed E-state index contributed by atoms with van der Waals surface area (Å²) in [6, 6.07) is 16.1. The fraction of sp³-hybridized carbons (Fsp3) is 0.143. The maximum atomic E-state index is 13.4. The molecule has 0 aliphatic rings. The third-order valence-corrected chi connectivity index (χ3v) is 4.30. The molecule has 0 radical (unpaired) electrons. The van der Waals surface area contributed by atoms with Gasteiger partial charge in [-0.25, -0.2) is 0 Å². The molecule has 1 N–H and O–H groups in total. The van der Waals surface area contributed by atoms with Crippen LogP contribution in [-0.2, 0) is 20.7 Å². The summed E-state index contributed by atoms with van der Waals surface area (Å²) in [5.74, 6) is -2.28. The minimum Gasteiger partial charge on any atom is -0.452 e. The number of nitro groups is 1. The van der Waals surface area contributed by atoms with E-state index in [1.165, 1.54) is 13.0 Å². The van der Waals surface area contributed by atoms with E-state index in [9.17, 15) is 24.1 Å². The third kappa shape index (κ3) is 4.73. The number of anilines is 1. The van der Waals surface area contributed by atoms with E-state index in [-0.39, 0.29) is 12.1 Å². The number of nitro benzene ring substituents is 1. The summed E-state index contributed by atoms with van der Waals surface area (Å²) >= 11 is 0. The van der Waals surface area contributed by atoms with Crippen LogP contribution in [0, 0.1) is 15.9 Å². The van der Waals surface area contributed by atoms with Crippen LogP contribution in [0.15, 0.2) is 60.7 Å². The molecule has 29 heavy (non-hydrogen) atoms. The Morgan fingerprint density at radius 3 is 2.62 bits per heavy atom. The van der Waals surface area contributed by atoms with Crippen LogP contribution >= 0.6 is 0 Å². The Morgan fingerprint density at radius 2 is 1.86 bits per heavy atom. The van der Waals surface area contributed by atoms with Crippen LogP contribution < -0.4 is 5.32 Å². The first-order chi connectivity index (χ1) is 13.8. The lowest BCUT2D eigenvalue weighted by Gasteiger charge is -2.14. The van der Waals surface area contributed by atoms with Crippen molar-refractivity contribution in [3.8, 4) is 0 Å². The van der Waals surface area contributed by atoms with Gasteiger partial charge in [-0.05, 0) is 35.4 Å². The van der Waals surface area contributed by atoms with E-state index in [4.69, 9.17) is 4.74 Å². The molecule has 0 bridgehead atoms. The Labute approximate surface area is 165 Å². The SMILES string of the molecule is C[C@@H](OC(=O)Cc1cccc2ccccc12)C(=O)Nc1ccc(F)c([N+](=O)[O-])c1. The summed E-state index contributed by atoms with van der Waals surface area (Å²) in [6.45, 7) is 1.38. The molecule has 1 amide bonds. The third-order valence-electron chi connectivity index (χ3n) is 4.30. The maximum absolute atomic E-state index is 13.4. The summed E-state index contributed by atoms with van der Waals surface area (Å²) in [7, 11) is 0. The van der Waals surface area contributed by atoms with Crippen molar-refractivity contribution in [3.63, 3.8) is 0 Å². The van der Waals surface area contributed by atoms with Gasteiger partial charge in [-0.2, -0.15) is 4.39 Å². The van der Waals surface area contributed by atoms with Crippen molar-refractivity contribution in [1.29, 1.82) is 0 Å². The molecular formula is C21H17FN2O5. The van der Waals surface area contributed by atoms with Crippen LogP contribution in [0.25, 0.3) is 10.8 Å². The molecule has 0 fully saturated rings. The number of hydrogen-bond donors (Lipinski definition) is 1. The summed E-state index contributed by atoms with van der Waals surface area (Å²) in [5, 5.41) is 15.1. The van der Waals surface area contributed by atoms with E-state index in [2.05, 4.69) is 5.32 Å². The predicted molar refractivity (Wildman–Crippen MR) is 105 cm³/mol. The smallest absolute Gasteiger partial charge is 0.311 e. The summed E-state index contributed by atoms with van der Waals surface area (Å²) in [6.07, 6.45) is -1.15. The van der Waals surface area contributed by atoms with Crippen molar-refractivity contribution >= 4 is 34.0 Å². The van der Waals surface area contributed by atoms with Crippen molar-refractivity contribution < 1.29 is 23.6 Å². The van der Waals surface area contributed by atoms with Gasteiger partial charge in [-0.1, -0.05) is 42.5 Å². The first-order valence-corrected chi connectivity index (χ1v) is 8.76. The zero-order valence-electron chi connectivity index (χ0n) is 15.4. The first-order valence-electron chi connectivity index (χ1n) is 8.76. The molecule has 0 aliphatic carbocycles. The molecule has 0 heterocycles. The second-order valence-electron chi connectivity index (χ2n) is 6.36. The van der Waals surface area contributed by atoms with Crippen LogP contribution in [-0.4, -0.2) is 22.9 Å². The van der Waals surface area contributed by atoms with Gasteiger partial charge >= 0.3 is 11.7 Å². The van der Waals surface area contributed by atoms with E-state index in [1.807, 2.05) is 42.5 Å². The number of nitrogens with zero attached hydrogens (tertiary/aromatic N) is 1. The normalized spacial score (nSPS) is 11.7. The molecule has 0 aromatic heterocycles. The monoisotopic (exact) mass is 396 g/mol. The molecule has 148 valence electrons. The number of carbonyl (C=O) groups is 2. The largest absolute Gasteiger partial charge is 0.452 e. The molecule has 3 rings (SSSR count). The zero-order valence-corrected chi connectivity index (χ0v) is 15.4. The second kappa shape index (κ2) is 8.47. The molecule has 1 atom stereocenters. The van der Waals surface area contributed by atoms with Gasteiger partial charge in [0.25, 0.3) is 5.91 Å². The van der Waals surface area contributed by atoms with Gasteiger partial charge in [0, 0.05) is 11.8 Å². The zero-order chi connectivity index (χ0) is 21.0. The maximum Gasteiger partial charge on any atom is 0.311 e. The fourth-order valence-electron chi connectivity index (χ4n) is 2.87. The fourth-order valence-corrected chi connectivity index (χ4v) is 2.87. The highest BCUT2D eigenvalue weighted by Gasteiger charge is 2.21. The van der Waals surface area contributed by atoms with Gasteiger partial charge in [-0.15, -0.1) is 0 Å². The Bertz CT molecular complexity index is 1090. The lowest BCUT2D eigenvalue weighted by molar-refractivity contribution is -0.387. The van der Waals surface area contributed by atoms with Crippen LogP contribution in [0.4, 0.5) is 15.8 Å². The van der Waals surface area contributed by atoms with Crippen molar-refractivity contribution in [2.75, 3.05) is 5.32 Å². The van der Waals surface area contributed by atoms with Gasteiger partial charge in [0.1, 0.15) is 0 Å². The highest BCUT2D eigenvalue weighted by molar-refractivity contribution is 5.96. The number of halogens is 1. The number of fused-ring (bicyclic) bond motifs is 1. The van der Waals surface area contributed by atoms with Crippen LogP contribution in [0.1, 0.15) is 12.5 Å². The van der Waals surface area contributed by atoms with Crippen LogP contribution in [0.2, 0.25) is 0 Å². The molecule has 0 saturated carbocycles. The van der Waals surface area contributed by atoms with Crippen molar-refractivity contribution in [2.24, 2.45) is 0 Å². The Kier molecular flexibility index (Phi) is 5.82. The molecule has 3 aromatic carbocycles. The number of amides is 1. The molecule has 0 unspecified atom stereocenters. The van der Waals surface area contributed by atoms with Crippen molar-refractivity contribution in [1.82, 2.24) is 0 Å². The number of carbonyl (C=O) groups excluding carboxylic acids is 2. The average molecular weight is 396 g/mol. The molecule has 0 aliphatic heterocycles. The molecule has 7 nitrogen and oxygen atoms in total. The summed E-state index contributed by atoms with van der Waals surface area (Å²) in [5.41, 5.74) is 0.0401. The number of hydrogen-bond acceptors (Lipinski definition) is 5. The van der Waals surface area contributed by atoms with Crippen LogP contribution in [0.3, 0.4) is 0 Å². The quantitative estimate of drug-likeness (QED) is 0.386. The Balaban J connectivity index is 1.64. The number of ether oxygens (including phenoxy) is 1. The Morgan fingerprint density at radius 1 is 1.14 bits per heavy atom. The second-order valence-corrected chi connectivity index (χ2v) is 6.36. The Hall–Kier alpha value is -3.81. The van der Waals surface area contributed by atoms with Gasteiger partial charge in [0.05, 0.1) is 11.3 Å². The minimum atomic E-state index is -1.14. The predicted octanol–water partition coefficient (Wildman–Crippen LogP) is 4.00. The van der Waals surface area contributed by atoms with Crippen molar-refractivity contribution in [3.05, 3.63) is 82.2 Å². The first kappa shape index (κ1) is 19.9. The van der Waals surface area contributed by atoms with E-state index < -0.39 is 34.4 Å². The summed E-state index contributed by atoms with van der Waals surface area (Å²) < 4.78 is 18.6. The van der Waals surface area contributed by atoms with E-state index in [1.54, 1.807) is 0 Å². The standard InChI is InChI=1S/C21H17FN2O5/c1-13(21(26)23-16-9-10-18(22)19(12-16)24(27)28)29-20(25)11-15-7-4-6-14-5-2-3-8-17(14)15/h2-10,12-13H,11H2,1H3,(H,23,26)/t13-/m1/s1. The molecule has 0 saturated heterocycles. The van der Waals surface area contributed by atoms with E-state index >= 15 is 0 Å². The topological polar surface area (TPSA) is 98.5 Å². The van der Waals surface area contributed by atoms with Crippen LogP contribution in [0.5, 0.6) is 0 Å². The number of esters is 1. The minimum absolute atomic E-state index is 0.0129. The lowest BCUT2D eigenvalue weighted by Crippen LogP contribution is -2.30. The molecule has 3 aromatic rings. The van der Waals surface area contributed by atoms with Crippen molar-refractivity contribution in [2.45, 2.75) is 19.4 Å². The lowest BCUT2D eigenvalue weighted by atomic mass is 10.0. The average Bonchev–Trinajstić information content (AvgIpc) is 2.69. The highest BCUT2D eigenvalue weighted by Crippen LogP contribution is 2.22. The number of nitrogens with one attached hydrogen (secondary N) is 1. The molecule has 0 spiro atoms. The number of rotatable bonds is 6. The van der Waals surface area contributed by atoms with Gasteiger partial charge in [0.2, 0.25) is 5.82 Å². The number of benzene rings is 3. The molecular weight excluding hydrogens is 379 g/mol. The molecule has 8 heteroatoms. The van der Waals surface area contributed by atoms with E-state index in [0.717, 1.165) is 28.5 Å². The summed E-state index contributed by atoms with van der Waals surface area (Å²) in [4.78, 5) is 34.4.